The lowest BCUT2D eigenvalue weighted by Crippen LogP contribution is -2.46. The molecule has 102 valence electrons. The summed E-state index contributed by atoms with van der Waals surface area (Å²) in [7, 11) is 0. The maximum atomic E-state index is 12.5. The molecule has 1 aliphatic rings. The fourth-order valence-corrected chi connectivity index (χ4v) is 2.81. The average molecular weight is 252 g/mol. The molecular weight excluding hydrogens is 229 g/mol. The van der Waals surface area contributed by atoms with Gasteiger partial charge in [-0.05, 0) is 31.8 Å². The van der Waals surface area contributed by atoms with E-state index in [9.17, 15) is 13.2 Å². The van der Waals surface area contributed by atoms with Crippen LogP contribution >= 0.6 is 0 Å². The number of nitrogens with two attached hydrogens (primary N) is 1. The van der Waals surface area contributed by atoms with Gasteiger partial charge >= 0.3 is 6.18 Å². The van der Waals surface area contributed by atoms with Crippen LogP contribution in [0.1, 0.15) is 39.0 Å². The molecule has 0 radical (unpaired) electrons. The molecule has 0 heterocycles. The highest BCUT2D eigenvalue weighted by atomic mass is 19.4. The molecule has 2 atom stereocenters. The molecule has 0 saturated heterocycles. The fourth-order valence-electron chi connectivity index (χ4n) is 2.81. The van der Waals surface area contributed by atoms with Crippen molar-refractivity contribution in [2.75, 3.05) is 19.6 Å². The number of hydrogen-bond acceptors (Lipinski definition) is 2. The molecule has 0 amide bonds. The quantitative estimate of drug-likeness (QED) is 0.780. The first-order chi connectivity index (χ1) is 7.98. The smallest absolute Gasteiger partial charge is 0.330 e. The van der Waals surface area contributed by atoms with Gasteiger partial charge in [0, 0.05) is 6.04 Å². The Morgan fingerprint density at radius 3 is 2.35 bits per heavy atom. The van der Waals surface area contributed by atoms with Crippen molar-refractivity contribution < 1.29 is 13.2 Å². The van der Waals surface area contributed by atoms with Crippen LogP contribution in [-0.4, -0.2) is 36.8 Å². The lowest BCUT2D eigenvalue weighted by molar-refractivity contribution is -0.152. The van der Waals surface area contributed by atoms with E-state index in [4.69, 9.17) is 5.73 Å². The van der Waals surface area contributed by atoms with E-state index in [1.165, 1.54) is 0 Å². The van der Waals surface area contributed by atoms with E-state index >= 15 is 0 Å². The van der Waals surface area contributed by atoms with Gasteiger partial charge in [-0.3, -0.25) is 4.90 Å². The molecule has 1 saturated carbocycles. The lowest BCUT2D eigenvalue weighted by Gasteiger charge is -2.35. The van der Waals surface area contributed by atoms with E-state index in [2.05, 4.69) is 0 Å². The van der Waals surface area contributed by atoms with Gasteiger partial charge in [0.25, 0.3) is 0 Å². The van der Waals surface area contributed by atoms with E-state index in [1.807, 2.05) is 0 Å². The zero-order valence-corrected chi connectivity index (χ0v) is 10.5. The summed E-state index contributed by atoms with van der Waals surface area (Å²) in [5.41, 5.74) is 5.71. The van der Waals surface area contributed by atoms with Crippen molar-refractivity contribution in [2.45, 2.75) is 51.2 Å². The molecule has 17 heavy (non-hydrogen) atoms. The van der Waals surface area contributed by atoms with Crippen LogP contribution in [-0.2, 0) is 0 Å². The second-order valence-corrected chi connectivity index (χ2v) is 4.88. The first-order valence-electron chi connectivity index (χ1n) is 6.48. The molecule has 0 bridgehead atoms. The summed E-state index contributed by atoms with van der Waals surface area (Å²) >= 11 is 0. The van der Waals surface area contributed by atoms with Gasteiger partial charge in [-0.25, -0.2) is 0 Å². The highest BCUT2D eigenvalue weighted by Crippen LogP contribution is 2.29. The van der Waals surface area contributed by atoms with E-state index < -0.39 is 12.7 Å². The molecule has 0 aromatic rings. The van der Waals surface area contributed by atoms with Crippen molar-refractivity contribution in [1.29, 1.82) is 0 Å². The predicted octanol–water partition coefficient (Wildman–Crippen LogP) is 2.78. The molecule has 2 unspecified atom stereocenters. The summed E-state index contributed by atoms with van der Waals surface area (Å²) in [5, 5.41) is 0. The molecule has 2 N–H and O–H groups in total. The van der Waals surface area contributed by atoms with Crippen LogP contribution in [0.5, 0.6) is 0 Å². The van der Waals surface area contributed by atoms with Gasteiger partial charge in [-0.2, -0.15) is 13.2 Å². The Morgan fingerprint density at radius 2 is 1.82 bits per heavy atom. The molecule has 0 spiro atoms. The minimum absolute atomic E-state index is 0.00845. The topological polar surface area (TPSA) is 29.3 Å². The minimum Gasteiger partial charge on any atom is -0.330 e. The monoisotopic (exact) mass is 252 g/mol. The normalized spacial score (nSPS) is 27.2. The van der Waals surface area contributed by atoms with Crippen molar-refractivity contribution in [1.82, 2.24) is 4.90 Å². The second kappa shape index (κ2) is 6.59. The SMILES string of the molecule is CCN(CC(F)(F)F)C1CCCCCC1CN. The van der Waals surface area contributed by atoms with Gasteiger partial charge in [0.05, 0.1) is 6.54 Å². The molecule has 0 aliphatic heterocycles. The molecule has 1 aliphatic carbocycles. The second-order valence-electron chi connectivity index (χ2n) is 4.88. The van der Waals surface area contributed by atoms with Gasteiger partial charge < -0.3 is 5.73 Å². The van der Waals surface area contributed by atoms with Crippen LogP contribution in [0.25, 0.3) is 0 Å². The number of rotatable bonds is 4. The zero-order chi connectivity index (χ0) is 12.9. The number of nitrogens with zero attached hydrogens (tertiary/aromatic N) is 1. The Labute approximate surface area is 101 Å². The standard InChI is InChI=1S/C12H23F3N2/c1-2-17(9-12(13,14)15)11-7-5-3-4-6-10(11)8-16/h10-11H,2-9,16H2,1H3. The van der Waals surface area contributed by atoms with Crippen LogP contribution in [0.15, 0.2) is 0 Å². The van der Waals surface area contributed by atoms with Crippen LogP contribution in [0.2, 0.25) is 0 Å². The number of alkyl halides is 3. The summed E-state index contributed by atoms with van der Waals surface area (Å²) < 4.78 is 37.5. The largest absolute Gasteiger partial charge is 0.401 e. The van der Waals surface area contributed by atoms with Crippen molar-refractivity contribution >= 4 is 0 Å². The minimum atomic E-state index is -4.11. The summed E-state index contributed by atoms with van der Waals surface area (Å²) in [4.78, 5) is 1.56. The molecule has 0 aromatic heterocycles. The molecule has 2 nitrogen and oxygen atoms in total. The Balaban J connectivity index is 2.68. The lowest BCUT2D eigenvalue weighted by atomic mass is 9.93. The summed E-state index contributed by atoms with van der Waals surface area (Å²) in [6, 6.07) is 0.00845. The first-order valence-corrected chi connectivity index (χ1v) is 6.48. The molecule has 5 heteroatoms. The summed E-state index contributed by atoms with van der Waals surface area (Å²) in [5.74, 6) is 0.222. The van der Waals surface area contributed by atoms with Crippen LogP contribution in [0.4, 0.5) is 13.2 Å². The third kappa shape index (κ3) is 4.84. The third-order valence-corrected chi connectivity index (χ3v) is 3.68. The van der Waals surface area contributed by atoms with E-state index in [0.717, 1.165) is 32.1 Å². The maximum absolute atomic E-state index is 12.5. The van der Waals surface area contributed by atoms with Gasteiger partial charge in [0.1, 0.15) is 0 Å². The van der Waals surface area contributed by atoms with Crippen molar-refractivity contribution in [3.8, 4) is 0 Å². The predicted molar refractivity (Wildman–Crippen MR) is 62.7 cm³/mol. The van der Waals surface area contributed by atoms with Crippen LogP contribution in [0.3, 0.4) is 0 Å². The molecule has 1 fully saturated rings. The van der Waals surface area contributed by atoms with Gasteiger partial charge in [0.15, 0.2) is 0 Å². The molecular formula is C12H23F3N2. The number of hydrogen-bond donors (Lipinski definition) is 1. The van der Waals surface area contributed by atoms with Crippen molar-refractivity contribution in [3.63, 3.8) is 0 Å². The van der Waals surface area contributed by atoms with Crippen molar-refractivity contribution in [3.05, 3.63) is 0 Å². The average Bonchev–Trinajstić information content (AvgIpc) is 2.49. The van der Waals surface area contributed by atoms with E-state index in [0.29, 0.717) is 13.1 Å². The Hall–Kier alpha value is -0.290. The Morgan fingerprint density at radius 1 is 1.18 bits per heavy atom. The van der Waals surface area contributed by atoms with Crippen LogP contribution < -0.4 is 5.73 Å². The molecule has 1 rings (SSSR count). The van der Waals surface area contributed by atoms with E-state index in [1.54, 1.807) is 11.8 Å². The van der Waals surface area contributed by atoms with Crippen LogP contribution in [0, 0.1) is 5.92 Å². The zero-order valence-electron chi connectivity index (χ0n) is 10.5. The first kappa shape index (κ1) is 14.8. The highest BCUT2D eigenvalue weighted by molar-refractivity contribution is 4.83. The third-order valence-electron chi connectivity index (χ3n) is 3.68. The maximum Gasteiger partial charge on any atom is 0.401 e. The van der Waals surface area contributed by atoms with Crippen molar-refractivity contribution in [2.24, 2.45) is 11.7 Å². The Bertz CT molecular complexity index is 218. The fraction of sp³-hybridized carbons (Fsp3) is 1.00. The van der Waals surface area contributed by atoms with Gasteiger partial charge in [-0.1, -0.05) is 26.2 Å². The summed E-state index contributed by atoms with van der Waals surface area (Å²) in [6.45, 7) is 1.94. The molecule has 0 aromatic carbocycles. The Kier molecular flexibility index (Phi) is 5.73. The van der Waals surface area contributed by atoms with E-state index in [-0.39, 0.29) is 12.0 Å². The van der Waals surface area contributed by atoms with Gasteiger partial charge in [-0.15, -0.1) is 0 Å². The highest BCUT2D eigenvalue weighted by Gasteiger charge is 2.35. The van der Waals surface area contributed by atoms with Gasteiger partial charge in [0.2, 0.25) is 0 Å². The number of halogens is 3. The summed E-state index contributed by atoms with van der Waals surface area (Å²) in [6.07, 6.45) is 0.955.